The Hall–Kier alpha value is -2.02. The SMILES string of the molecule is C[C@@]1(C(N)=O)CN(C(=O)c2cnc(C3CC3)nc2)CCO1. The van der Waals surface area contributed by atoms with Gasteiger partial charge >= 0.3 is 0 Å². The molecule has 1 aromatic rings. The Morgan fingerprint density at radius 2 is 2.05 bits per heavy atom. The number of hydrogen-bond donors (Lipinski definition) is 1. The second-order valence-electron chi connectivity index (χ2n) is 5.77. The number of rotatable bonds is 3. The fraction of sp³-hybridized carbons (Fsp3) is 0.571. The quantitative estimate of drug-likeness (QED) is 0.849. The van der Waals surface area contributed by atoms with Gasteiger partial charge in [-0.15, -0.1) is 0 Å². The van der Waals surface area contributed by atoms with Gasteiger partial charge in [0.15, 0.2) is 5.60 Å². The third-order valence-corrected chi connectivity index (χ3v) is 3.94. The fourth-order valence-electron chi connectivity index (χ4n) is 2.38. The third kappa shape index (κ3) is 2.73. The van der Waals surface area contributed by atoms with Crippen molar-refractivity contribution in [2.24, 2.45) is 5.73 Å². The molecule has 3 rings (SSSR count). The number of nitrogens with two attached hydrogens (primary N) is 1. The molecule has 0 aromatic carbocycles. The number of ether oxygens (including phenoxy) is 1. The Kier molecular flexibility index (Phi) is 3.36. The van der Waals surface area contributed by atoms with E-state index in [4.69, 9.17) is 10.5 Å². The molecule has 1 aliphatic heterocycles. The van der Waals surface area contributed by atoms with E-state index < -0.39 is 11.5 Å². The average Bonchev–Trinajstić information content (AvgIpc) is 3.31. The topological polar surface area (TPSA) is 98.4 Å². The van der Waals surface area contributed by atoms with Crippen LogP contribution in [0.4, 0.5) is 0 Å². The molecule has 7 heteroatoms. The number of amides is 2. The lowest BCUT2D eigenvalue weighted by Gasteiger charge is -2.38. The van der Waals surface area contributed by atoms with E-state index in [0.29, 0.717) is 18.0 Å². The summed E-state index contributed by atoms with van der Waals surface area (Å²) in [6.07, 6.45) is 5.35. The van der Waals surface area contributed by atoms with Gasteiger partial charge < -0.3 is 15.4 Å². The van der Waals surface area contributed by atoms with Crippen LogP contribution in [0.1, 0.15) is 41.9 Å². The van der Waals surface area contributed by atoms with Crippen molar-refractivity contribution in [3.63, 3.8) is 0 Å². The van der Waals surface area contributed by atoms with Crippen LogP contribution >= 0.6 is 0 Å². The van der Waals surface area contributed by atoms with Crippen molar-refractivity contribution in [3.05, 3.63) is 23.8 Å². The molecule has 2 amide bonds. The molecule has 1 aliphatic carbocycles. The number of carbonyl (C=O) groups excluding carboxylic acids is 2. The first-order valence-electron chi connectivity index (χ1n) is 7.05. The van der Waals surface area contributed by atoms with Crippen LogP contribution in [-0.4, -0.2) is 52.0 Å². The highest BCUT2D eigenvalue weighted by Crippen LogP contribution is 2.37. The molecule has 0 unspecified atom stereocenters. The van der Waals surface area contributed by atoms with Gasteiger partial charge in [0.25, 0.3) is 11.8 Å². The van der Waals surface area contributed by atoms with Crippen molar-refractivity contribution in [1.82, 2.24) is 14.9 Å². The molecule has 2 heterocycles. The van der Waals surface area contributed by atoms with E-state index in [-0.39, 0.29) is 19.1 Å². The minimum atomic E-state index is -1.14. The molecule has 1 saturated heterocycles. The molecule has 0 bridgehead atoms. The van der Waals surface area contributed by atoms with E-state index in [2.05, 4.69) is 9.97 Å². The zero-order chi connectivity index (χ0) is 15.0. The van der Waals surface area contributed by atoms with Crippen molar-refractivity contribution >= 4 is 11.8 Å². The summed E-state index contributed by atoms with van der Waals surface area (Å²) in [6.45, 7) is 2.45. The van der Waals surface area contributed by atoms with Gasteiger partial charge in [0.05, 0.1) is 18.7 Å². The zero-order valence-electron chi connectivity index (χ0n) is 11.9. The lowest BCUT2D eigenvalue weighted by Crippen LogP contribution is -2.58. The number of carbonyl (C=O) groups is 2. The van der Waals surface area contributed by atoms with E-state index in [1.54, 1.807) is 24.2 Å². The second kappa shape index (κ2) is 5.07. The molecule has 2 N–H and O–H groups in total. The normalized spacial score (nSPS) is 25.7. The largest absolute Gasteiger partial charge is 0.367 e. The van der Waals surface area contributed by atoms with Crippen LogP contribution in [0.5, 0.6) is 0 Å². The van der Waals surface area contributed by atoms with Crippen LogP contribution in [0.15, 0.2) is 12.4 Å². The van der Waals surface area contributed by atoms with Gasteiger partial charge in [-0.05, 0) is 19.8 Å². The third-order valence-electron chi connectivity index (χ3n) is 3.94. The highest BCUT2D eigenvalue weighted by Gasteiger charge is 2.39. The first kappa shape index (κ1) is 13.9. The molecule has 2 fully saturated rings. The van der Waals surface area contributed by atoms with Gasteiger partial charge in [0.1, 0.15) is 5.82 Å². The Bertz CT molecular complexity index is 570. The maximum Gasteiger partial charge on any atom is 0.257 e. The van der Waals surface area contributed by atoms with E-state index in [0.717, 1.165) is 18.7 Å². The van der Waals surface area contributed by atoms with Crippen LogP contribution in [0, 0.1) is 0 Å². The van der Waals surface area contributed by atoms with Gasteiger partial charge in [0, 0.05) is 24.9 Å². The summed E-state index contributed by atoms with van der Waals surface area (Å²) in [6, 6.07) is 0. The number of nitrogens with zero attached hydrogens (tertiary/aromatic N) is 3. The maximum absolute atomic E-state index is 12.4. The lowest BCUT2D eigenvalue weighted by molar-refractivity contribution is -0.150. The molecule has 0 radical (unpaired) electrons. The van der Waals surface area contributed by atoms with Gasteiger partial charge in [-0.3, -0.25) is 9.59 Å². The molecule has 7 nitrogen and oxygen atoms in total. The number of hydrogen-bond acceptors (Lipinski definition) is 5. The van der Waals surface area contributed by atoms with Crippen molar-refractivity contribution in [3.8, 4) is 0 Å². The minimum Gasteiger partial charge on any atom is -0.367 e. The molecule has 1 aromatic heterocycles. The predicted octanol–water partition coefficient (Wildman–Crippen LogP) is 0.0704. The van der Waals surface area contributed by atoms with E-state index >= 15 is 0 Å². The van der Waals surface area contributed by atoms with Crippen LogP contribution in [-0.2, 0) is 9.53 Å². The summed E-state index contributed by atoms with van der Waals surface area (Å²) in [5.74, 6) is 0.486. The Morgan fingerprint density at radius 3 is 2.62 bits per heavy atom. The van der Waals surface area contributed by atoms with E-state index in [1.165, 1.54) is 0 Å². The predicted molar refractivity (Wildman–Crippen MR) is 73.5 cm³/mol. The molecule has 1 saturated carbocycles. The Morgan fingerprint density at radius 1 is 1.38 bits per heavy atom. The highest BCUT2D eigenvalue weighted by molar-refractivity contribution is 5.94. The van der Waals surface area contributed by atoms with Crippen LogP contribution in [0.3, 0.4) is 0 Å². The Labute approximate surface area is 122 Å². The second-order valence-corrected chi connectivity index (χ2v) is 5.77. The summed E-state index contributed by atoms with van der Waals surface area (Å²) < 4.78 is 5.40. The van der Waals surface area contributed by atoms with E-state index in [9.17, 15) is 9.59 Å². The monoisotopic (exact) mass is 290 g/mol. The maximum atomic E-state index is 12.4. The summed E-state index contributed by atoms with van der Waals surface area (Å²) in [4.78, 5) is 33.9. The summed E-state index contributed by atoms with van der Waals surface area (Å²) in [5.41, 5.74) is 4.62. The summed E-state index contributed by atoms with van der Waals surface area (Å²) in [7, 11) is 0. The van der Waals surface area contributed by atoms with Gasteiger partial charge in [-0.2, -0.15) is 0 Å². The molecule has 2 aliphatic rings. The number of morpholine rings is 1. The summed E-state index contributed by atoms with van der Waals surface area (Å²) >= 11 is 0. The fourth-order valence-corrected chi connectivity index (χ4v) is 2.38. The molecule has 0 spiro atoms. The van der Waals surface area contributed by atoms with Crippen LogP contribution < -0.4 is 5.73 Å². The van der Waals surface area contributed by atoms with Crippen LogP contribution in [0.2, 0.25) is 0 Å². The van der Waals surface area contributed by atoms with Gasteiger partial charge in [0.2, 0.25) is 0 Å². The van der Waals surface area contributed by atoms with Crippen molar-refractivity contribution < 1.29 is 14.3 Å². The first-order valence-corrected chi connectivity index (χ1v) is 7.05. The standard InChI is InChI=1S/C14H18N4O3/c1-14(13(15)20)8-18(4-5-21-14)12(19)10-6-16-11(17-7-10)9-2-3-9/h6-7,9H,2-5,8H2,1H3,(H2,15,20)/t14-/m0/s1. The van der Waals surface area contributed by atoms with E-state index in [1.807, 2.05) is 0 Å². The number of primary amides is 1. The van der Waals surface area contributed by atoms with Gasteiger partial charge in [-0.25, -0.2) is 9.97 Å². The molecule has 1 atom stereocenters. The lowest BCUT2D eigenvalue weighted by atomic mass is 10.0. The molecular formula is C14H18N4O3. The summed E-state index contributed by atoms with van der Waals surface area (Å²) in [5, 5.41) is 0. The minimum absolute atomic E-state index is 0.144. The van der Waals surface area contributed by atoms with Crippen molar-refractivity contribution in [2.45, 2.75) is 31.3 Å². The van der Waals surface area contributed by atoms with Crippen LogP contribution in [0.25, 0.3) is 0 Å². The molecular weight excluding hydrogens is 272 g/mol. The van der Waals surface area contributed by atoms with Gasteiger partial charge in [-0.1, -0.05) is 0 Å². The highest BCUT2D eigenvalue weighted by atomic mass is 16.5. The molecule has 21 heavy (non-hydrogen) atoms. The smallest absolute Gasteiger partial charge is 0.257 e. The van der Waals surface area contributed by atoms with Crippen molar-refractivity contribution in [1.29, 1.82) is 0 Å². The first-order chi connectivity index (χ1) is 9.99. The average molecular weight is 290 g/mol. The van der Waals surface area contributed by atoms with Crippen molar-refractivity contribution in [2.75, 3.05) is 19.7 Å². The zero-order valence-corrected chi connectivity index (χ0v) is 11.9. The molecule has 112 valence electrons. The number of aromatic nitrogens is 2. The Balaban J connectivity index is 1.73.